The van der Waals surface area contributed by atoms with Crippen LogP contribution in [0.25, 0.3) is 0 Å². The predicted molar refractivity (Wildman–Crippen MR) is 149 cm³/mol. The highest BCUT2D eigenvalue weighted by atomic mass is 16.8. The molecule has 9 heteroatoms. The summed E-state index contributed by atoms with van der Waals surface area (Å²) in [6.45, 7) is -0.390. The van der Waals surface area contributed by atoms with E-state index in [9.17, 15) is 19.2 Å². The second-order valence-corrected chi connectivity index (χ2v) is 9.25. The summed E-state index contributed by atoms with van der Waals surface area (Å²) in [5, 5.41) is 0. The molecule has 1 aliphatic rings. The van der Waals surface area contributed by atoms with E-state index in [0.717, 1.165) is 0 Å². The summed E-state index contributed by atoms with van der Waals surface area (Å²) >= 11 is 0. The zero-order valence-corrected chi connectivity index (χ0v) is 22.2. The van der Waals surface area contributed by atoms with Crippen molar-refractivity contribution in [1.82, 2.24) is 0 Å². The number of hydrogen-bond donors (Lipinski definition) is 0. The van der Waals surface area contributed by atoms with Crippen LogP contribution in [-0.4, -0.2) is 55.1 Å². The van der Waals surface area contributed by atoms with Crippen LogP contribution in [0.1, 0.15) is 41.4 Å². The molecule has 0 N–H and O–H groups in total. The molecule has 0 aromatic heterocycles. The van der Waals surface area contributed by atoms with Crippen molar-refractivity contribution >= 4 is 23.9 Å². The van der Waals surface area contributed by atoms with Crippen LogP contribution in [0, 0.1) is 0 Å². The second kappa shape index (κ2) is 13.4. The lowest BCUT2D eigenvalue weighted by Gasteiger charge is -2.24. The van der Waals surface area contributed by atoms with E-state index in [1.165, 1.54) is 0 Å². The van der Waals surface area contributed by atoms with Crippen LogP contribution < -0.4 is 0 Å². The number of rotatable bonds is 9. The topological polar surface area (TPSA) is 114 Å². The van der Waals surface area contributed by atoms with E-state index in [4.69, 9.17) is 23.7 Å². The van der Waals surface area contributed by atoms with Crippen LogP contribution in [-0.2, 0) is 23.7 Å². The Kier molecular flexibility index (Phi) is 9.00. The fourth-order valence-electron chi connectivity index (χ4n) is 4.28. The van der Waals surface area contributed by atoms with Crippen LogP contribution >= 0.6 is 0 Å². The molecular weight excluding hydrogens is 540 g/mol. The quantitative estimate of drug-likeness (QED) is 0.207. The van der Waals surface area contributed by atoms with Crippen molar-refractivity contribution in [1.29, 1.82) is 0 Å². The Balaban J connectivity index is 1.43. The third-order valence-electron chi connectivity index (χ3n) is 6.39. The molecule has 1 aliphatic heterocycles. The average molecular weight is 567 g/mol. The lowest BCUT2D eigenvalue weighted by molar-refractivity contribution is -0.141. The molecule has 4 aromatic rings. The molecule has 0 amide bonds. The Morgan fingerprint density at radius 2 is 0.833 bits per heavy atom. The molecule has 1 saturated heterocycles. The lowest BCUT2D eigenvalue weighted by atomic mass is 10.1. The van der Waals surface area contributed by atoms with Crippen molar-refractivity contribution < 1.29 is 42.9 Å². The van der Waals surface area contributed by atoms with Gasteiger partial charge >= 0.3 is 23.9 Å². The van der Waals surface area contributed by atoms with E-state index in [0.29, 0.717) is 5.56 Å². The van der Waals surface area contributed by atoms with Gasteiger partial charge in [-0.3, -0.25) is 0 Å². The van der Waals surface area contributed by atoms with Crippen molar-refractivity contribution in [3.8, 4) is 0 Å². The van der Waals surface area contributed by atoms with Crippen LogP contribution in [0.3, 0.4) is 0 Å². The van der Waals surface area contributed by atoms with Crippen molar-refractivity contribution in [2.45, 2.75) is 24.6 Å². The molecule has 1 heterocycles. The van der Waals surface area contributed by atoms with Gasteiger partial charge in [-0.2, -0.15) is 0 Å². The normalized spacial score (nSPS) is 19.3. The highest BCUT2D eigenvalue weighted by Crippen LogP contribution is 2.30. The van der Waals surface area contributed by atoms with Gasteiger partial charge in [0.15, 0.2) is 6.10 Å². The van der Waals surface area contributed by atoms with E-state index in [-0.39, 0.29) is 23.3 Å². The number of hydrogen-bond acceptors (Lipinski definition) is 9. The van der Waals surface area contributed by atoms with Crippen molar-refractivity contribution in [2.75, 3.05) is 6.61 Å². The number of esters is 4. The van der Waals surface area contributed by atoms with E-state index in [1.807, 2.05) is 0 Å². The third kappa shape index (κ3) is 6.89. The first-order valence-corrected chi connectivity index (χ1v) is 13.2. The van der Waals surface area contributed by atoms with E-state index in [1.54, 1.807) is 121 Å². The van der Waals surface area contributed by atoms with E-state index >= 15 is 0 Å². The molecule has 0 spiro atoms. The maximum Gasteiger partial charge on any atom is 0.340 e. The molecule has 9 nitrogen and oxygen atoms in total. The van der Waals surface area contributed by atoms with Gasteiger partial charge in [-0.25, -0.2) is 19.2 Å². The lowest BCUT2D eigenvalue weighted by Crippen LogP contribution is -2.42. The molecule has 4 aromatic carbocycles. The predicted octanol–water partition coefficient (Wildman–Crippen LogP) is 4.88. The van der Waals surface area contributed by atoms with Gasteiger partial charge in [0.25, 0.3) is 0 Å². The SMILES string of the molecule is O=C(OC[C@@H]1O[C@H](OC(=O)c2ccccc2)[C@@H](OC(=O)c2ccccc2)[C@@H]1OC(=O)c1ccccc1)c1ccccc1. The summed E-state index contributed by atoms with van der Waals surface area (Å²) in [4.78, 5) is 51.9. The molecule has 1 fully saturated rings. The summed E-state index contributed by atoms with van der Waals surface area (Å²) in [5.74, 6) is -2.89. The molecule has 0 aliphatic carbocycles. The van der Waals surface area contributed by atoms with Crippen molar-refractivity contribution in [2.24, 2.45) is 0 Å². The van der Waals surface area contributed by atoms with Gasteiger partial charge < -0.3 is 23.7 Å². The van der Waals surface area contributed by atoms with Crippen molar-refractivity contribution in [3.05, 3.63) is 144 Å². The van der Waals surface area contributed by atoms with Crippen LogP contribution in [0.15, 0.2) is 121 Å². The Morgan fingerprint density at radius 1 is 0.476 bits per heavy atom. The fourth-order valence-corrected chi connectivity index (χ4v) is 4.28. The van der Waals surface area contributed by atoms with Crippen LogP contribution in [0.4, 0.5) is 0 Å². The number of benzene rings is 4. The molecule has 0 unspecified atom stereocenters. The van der Waals surface area contributed by atoms with Gasteiger partial charge in [-0.05, 0) is 48.5 Å². The highest BCUT2D eigenvalue weighted by molar-refractivity contribution is 5.91. The minimum Gasteiger partial charge on any atom is -0.459 e. The average Bonchev–Trinajstić information content (AvgIpc) is 3.35. The summed E-state index contributed by atoms with van der Waals surface area (Å²) in [6, 6.07) is 32.8. The van der Waals surface area contributed by atoms with Crippen molar-refractivity contribution in [3.63, 3.8) is 0 Å². The van der Waals surface area contributed by atoms with Gasteiger partial charge in [0, 0.05) is 0 Å². The monoisotopic (exact) mass is 566 g/mol. The van der Waals surface area contributed by atoms with Crippen LogP contribution in [0.5, 0.6) is 0 Å². The minimum absolute atomic E-state index is 0.220. The first-order valence-electron chi connectivity index (χ1n) is 13.2. The summed E-state index contributed by atoms with van der Waals surface area (Å²) in [7, 11) is 0. The molecule has 5 rings (SSSR count). The molecule has 4 atom stereocenters. The van der Waals surface area contributed by atoms with Gasteiger partial charge in [0.2, 0.25) is 12.4 Å². The number of ether oxygens (including phenoxy) is 5. The van der Waals surface area contributed by atoms with Crippen LogP contribution in [0.2, 0.25) is 0 Å². The third-order valence-corrected chi connectivity index (χ3v) is 6.39. The first kappa shape index (κ1) is 28.3. The Bertz CT molecular complexity index is 1510. The smallest absolute Gasteiger partial charge is 0.340 e. The standard InChI is InChI=1S/C33H26O9/c34-29(22-13-5-1-6-14-22)38-21-26-27(40-30(35)23-15-7-2-8-16-23)28(41-31(36)24-17-9-3-10-18-24)33(39-26)42-32(37)25-19-11-4-12-20-25/h1-20,26-28,33H,21H2/t26-,27+,28-,33+/m0/s1. The Labute approximate surface area is 241 Å². The summed E-state index contributed by atoms with van der Waals surface area (Å²) < 4.78 is 28.6. The molecule has 42 heavy (non-hydrogen) atoms. The fraction of sp³-hybridized carbons (Fsp3) is 0.152. The maximum atomic E-state index is 13.1. The number of carbonyl (C=O) groups excluding carboxylic acids is 4. The molecule has 0 bridgehead atoms. The molecular formula is C33H26O9. The highest BCUT2D eigenvalue weighted by Gasteiger charge is 2.52. The molecule has 0 radical (unpaired) electrons. The Morgan fingerprint density at radius 3 is 1.26 bits per heavy atom. The Hall–Kier alpha value is -5.28. The maximum absolute atomic E-state index is 13.1. The molecule has 212 valence electrons. The second-order valence-electron chi connectivity index (χ2n) is 9.25. The zero-order valence-electron chi connectivity index (χ0n) is 22.2. The zero-order chi connectivity index (χ0) is 29.3. The van der Waals surface area contributed by atoms with E-state index in [2.05, 4.69) is 0 Å². The van der Waals surface area contributed by atoms with Gasteiger partial charge in [0.1, 0.15) is 12.7 Å². The summed E-state index contributed by atoms with van der Waals surface area (Å²) in [6.07, 6.45) is -5.33. The van der Waals surface area contributed by atoms with Gasteiger partial charge in [0.05, 0.1) is 22.3 Å². The first-order chi connectivity index (χ1) is 20.5. The van der Waals surface area contributed by atoms with E-state index < -0.39 is 48.5 Å². The minimum atomic E-state index is -1.49. The largest absolute Gasteiger partial charge is 0.459 e. The number of carbonyl (C=O) groups is 4. The summed E-state index contributed by atoms with van der Waals surface area (Å²) in [5.41, 5.74) is 0.978. The molecule has 0 saturated carbocycles. The van der Waals surface area contributed by atoms with Gasteiger partial charge in [-0.15, -0.1) is 0 Å². The van der Waals surface area contributed by atoms with Gasteiger partial charge in [-0.1, -0.05) is 72.8 Å².